The first-order valence-electron chi connectivity index (χ1n) is 11.7. The fraction of sp³-hybridized carbons (Fsp3) is 0.480. The molecule has 2 saturated heterocycles. The summed E-state index contributed by atoms with van der Waals surface area (Å²) >= 11 is 0. The van der Waals surface area contributed by atoms with Crippen molar-refractivity contribution in [2.24, 2.45) is 0 Å². The Morgan fingerprint density at radius 2 is 1.59 bits per heavy atom. The lowest BCUT2D eigenvalue weighted by Gasteiger charge is -2.43. The lowest BCUT2D eigenvalue weighted by atomic mass is 10.0. The number of alkyl halides is 3. The van der Waals surface area contributed by atoms with Crippen molar-refractivity contribution in [3.63, 3.8) is 0 Å². The van der Waals surface area contributed by atoms with Gasteiger partial charge >= 0.3 is 6.18 Å². The van der Waals surface area contributed by atoms with E-state index in [4.69, 9.17) is 9.47 Å². The molecule has 34 heavy (non-hydrogen) atoms. The molecule has 3 aliphatic rings. The Morgan fingerprint density at radius 3 is 2.29 bits per heavy atom. The second kappa shape index (κ2) is 9.37. The monoisotopic (exact) mass is 475 g/mol. The van der Waals surface area contributed by atoms with E-state index in [2.05, 4.69) is 4.90 Å². The van der Waals surface area contributed by atoms with Crippen LogP contribution >= 0.6 is 0 Å². The Morgan fingerprint density at radius 1 is 0.882 bits per heavy atom. The van der Waals surface area contributed by atoms with Crippen LogP contribution in [0.5, 0.6) is 11.5 Å². The van der Waals surface area contributed by atoms with Gasteiger partial charge in [-0.25, -0.2) is 0 Å². The van der Waals surface area contributed by atoms with Gasteiger partial charge in [-0.05, 0) is 43.2 Å². The molecule has 6 nitrogen and oxygen atoms in total. The number of benzene rings is 2. The molecule has 0 radical (unpaired) electrons. The lowest BCUT2D eigenvalue weighted by molar-refractivity contribution is -0.142. The molecular formula is C25H28F3N3O3. The number of piperazine rings is 1. The predicted molar refractivity (Wildman–Crippen MR) is 121 cm³/mol. The second-order valence-electron chi connectivity index (χ2n) is 8.99. The number of halogens is 3. The highest BCUT2D eigenvalue weighted by Crippen LogP contribution is 2.33. The minimum Gasteiger partial charge on any atom is -0.485 e. The lowest BCUT2D eigenvalue weighted by Crippen LogP contribution is -2.55. The number of ether oxygens (including phenoxy) is 2. The van der Waals surface area contributed by atoms with Gasteiger partial charge in [0.1, 0.15) is 6.61 Å². The van der Waals surface area contributed by atoms with Crippen LogP contribution in [0.3, 0.4) is 0 Å². The van der Waals surface area contributed by atoms with Crippen LogP contribution < -0.4 is 14.4 Å². The maximum Gasteiger partial charge on any atom is 0.416 e. The van der Waals surface area contributed by atoms with Crippen molar-refractivity contribution in [1.82, 2.24) is 9.80 Å². The highest BCUT2D eigenvalue weighted by atomic mass is 19.4. The molecule has 3 aliphatic heterocycles. The molecule has 0 aliphatic carbocycles. The van der Waals surface area contributed by atoms with Crippen LogP contribution in [0, 0.1) is 0 Å². The van der Waals surface area contributed by atoms with E-state index in [9.17, 15) is 18.0 Å². The Bertz CT molecular complexity index is 1020. The first-order valence-corrected chi connectivity index (χ1v) is 11.7. The van der Waals surface area contributed by atoms with Crippen LogP contribution in [0.2, 0.25) is 0 Å². The maximum absolute atomic E-state index is 13.0. The number of amides is 1. The molecule has 0 saturated carbocycles. The van der Waals surface area contributed by atoms with Crippen molar-refractivity contribution < 1.29 is 27.4 Å². The van der Waals surface area contributed by atoms with Crippen LogP contribution in [0.4, 0.5) is 18.9 Å². The second-order valence-corrected chi connectivity index (χ2v) is 8.99. The number of hydrogen-bond acceptors (Lipinski definition) is 5. The van der Waals surface area contributed by atoms with Crippen molar-refractivity contribution in [1.29, 1.82) is 0 Å². The summed E-state index contributed by atoms with van der Waals surface area (Å²) in [6, 6.07) is 13.3. The molecule has 182 valence electrons. The molecule has 2 aromatic carbocycles. The fourth-order valence-electron chi connectivity index (χ4n) is 5.02. The van der Waals surface area contributed by atoms with Gasteiger partial charge < -0.3 is 19.3 Å². The molecule has 5 rings (SSSR count). The van der Waals surface area contributed by atoms with Crippen LogP contribution in [-0.2, 0) is 11.0 Å². The number of hydrogen-bond donors (Lipinski definition) is 0. The highest BCUT2D eigenvalue weighted by molar-refractivity contribution is 5.82. The molecule has 2 aromatic rings. The van der Waals surface area contributed by atoms with Gasteiger partial charge in [-0.3, -0.25) is 9.69 Å². The van der Waals surface area contributed by atoms with Gasteiger partial charge in [-0.15, -0.1) is 0 Å². The number of likely N-dealkylation sites (tertiary alicyclic amines) is 1. The fourth-order valence-corrected chi connectivity index (χ4v) is 5.02. The van der Waals surface area contributed by atoms with Crippen LogP contribution in [0.1, 0.15) is 18.4 Å². The highest BCUT2D eigenvalue weighted by Gasteiger charge is 2.35. The molecule has 0 aromatic heterocycles. The number of carbonyl (C=O) groups excluding carboxylic acids is 1. The van der Waals surface area contributed by atoms with E-state index < -0.39 is 17.8 Å². The summed E-state index contributed by atoms with van der Waals surface area (Å²) in [6.45, 7) is 4.52. The van der Waals surface area contributed by atoms with E-state index in [0.717, 1.165) is 32.0 Å². The van der Waals surface area contributed by atoms with Crippen molar-refractivity contribution in [2.75, 3.05) is 50.8 Å². The average Bonchev–Trinajstić information content (AvgIpc) is 2.88. The van der Waals surface area contributed by atoms with Gasteiger partial charge in [0.2, 0.25) is 6.10 Å². The van der Waals surface area contributed by atoms with E-state index in [1.807, 2.05) is 28.0 Å². The largest absolute Gasteiger partial charge is 0.485 e. The zero-order valence-corrected chi connectivity index (χ0v) is 18.8. The third kappa shape index (κ3) is 4.80. The van der Waals surface area contributed by atoms with E-state index in [0.29, 0.717) is 49.4 Å². The number of fused-ring (bicyclic) bond motifs is 1. The standard InChI is InChI=1S/C25H28F3N3O3/c26-25(27,28)18-4-3-5-20(16-18)30-14-12-29(13-15-30)19-8-10-31(11-9-19)24(32)23-17-33-21-6-1-2-7-22(21)34-23/h1-7,16,19,23H,8-15,17H2/t23-/m1/s1. The predicted octanol–water partition coefficient (Wildman–Crippen LogP) is 3.66. The summed E-state index contributed by atoms with van der Waals surface area (Å²) < 4.78 is 50.7. The molecule has 0 unspecified atom stereocenters. The molecule has 3 heterocycles. The van der Waals surface area contributed by atoms with Crippen LogP contribution in [0.25, 0.3) is 0 Å². The first kappa shape index (κ1) is 22.8. The van der Waals surface area contributed by atoms with Gasteiger partial charge in [-0.1, -0.05) is 18.2 Å². The number of rotatable bonds is 3. The van der Waals surface area contributed by atoms with Crippen LogP contribution in [-0.4, -0.2) is 73.7 Å². The average molecular weight is 476 g/mol. The SMILES string of the molecule is O=C([C@H]1COc2ccccc2O1)N1CCC(N2CCN(c3cccc(C(F)(F)F)c3)CC2)CC1. The van der Waals surface area contributed by atoms with Crippen LogP contribution in [0.15, 0.2) is 48.5 Å². The van der Waals surface area contributed by atoms with E-state index >= 15 is 0 Å². The summed E-state index contributed by atoms with van der Waals surface area (Å²) in [5.41, 5.74) is 0.00599. The number of carbonyl (C=O) groups is 1. The molecule has 0 spiro atoms. The summed E-state index contributed by atoms with van der Waals surface area (Å²) in [6.07, 6.45) is -3.21. The number of piperidine rings is 1. The van der Waals surface area contributed by atoms with Crippen molar-refractivity contribution in [2.45, 2.75) is 31.2 Å². The summed E-state index contributed by atoms with van der Waals surface area (Å²) in [5, 5.41) is 0. The Labute approximate surface area is 196 Å². The third-order valence-electron chi connectivity index (χ3n) is 6.93. The third-order valence-corrected chi connectivity index (χ3v) is 6.93. The van der Waals surface area contributed by atoms with Crippen molar-refractivity contribution in [3.05, 3.63) is 54.1 Å². The van der Waals surface area contributed by atoms with Gasteiger partial charge in [0, 0.05) is 51.0 Å². The van der Waals surface area contributed by atoms with E-state index in [-0.39, 0.29) is 12.5 Å². The Hall–Kier alpha value is -2.94. The summed E-state index contributed by atoms with van der Waals surface area (Å²) in [7, 11) is 0. The number of nitrogens with zero attached hydrogens (tertiary/aromatic N) is 3. The quantitative estimate of drug-likeness (QED) is 0.678. The zero-order valence-electron chi connectivity index (χ0n) is 18.8. The number of para-hydroxylation sites is 2. The van der Waals surface area contributed by atoms with Gasteiger partial charge in [0.25, 0.3) is 5.91 Å². The van der Waals surface area contributed by atoms with Gasteiger partial charge in [-0.2, -0.15) is 13.2 Å². The molecule has 1 amide bonds. The van der Waals surface area contributed by atoms with Gasteiger partial charge in [0.15, 0.2) is 11.5 Å². The Kier molecular flexibility index (Phi) is 6.29. The molecule has 0 bridgehead atoms. The van der Waals surface area contributed by atoms with Gasteiger partial charge in [0.05, 0.1) is 5.56 Å². The van der Waals surface area contributed by atoms with E-state index in [1.54, 1.807) is 12.1 Å². The number of anilines is 1. The minimum atomic E-state index is -4.33. The maximum atomic E-state index is 13.0. The normalized spacial score (nSPS) is 22.0. The van der Waals surface area contributed by atoms with E-state index in [1.165, 1.54) is 12.1 Å². The van der Waals surface area contributed by atoms with Crippen molar-refractivity contribution in [3.8, 4) is 11.5 Å². The smallest absolute Gasteiger partial charge is 0.416 e. The molecular weight excluding hydrogens is 447 g/mol. The molecule has 0 N–H and O–H groups in total. The molecule has 1 atom stereocenters. The Balaban J connectivity index is 1.11. The molecule has 9 heteroatoms. The van der Waals surface area contributed by atoms with Crippen molar-refractivity contribution >= 4 is 11.6 Å². The minimum absolute atomic E-state index is 0.0395. The topological polar surface area (TPSA) is 45.3 Å². The summed E-state index contributed by atoms with van der Waals surface area (Å²) in [5.74, 6) is 1.22. The summed E-state index contributed by atoms with van der Waals surface area (Å²) in [4.78, 5) is 19.2. The first-order chi connectivity index (χ1) is 16.4. The zero-order chi connectivity index (χ0) is 23.7. The molecule has 2 fully saturated rings.